The minimum absolute atomic E-state index is 0.129. The van der Waals surface area contributed by atoms with E-state index in [1.807, 2.05) is 26.0 Å². The predicted molar refractivity (Wildman–Crippen MR) is 92.8 cm³/mol. The first-order valence-corrected chi connectivity index (χ1v) is 8.84. The van der Waals surface area contributed by atoms with Gasteiger partial charge in [0.2, 0.25) is 0 Å². The molecule has 0 aromatic heterocycles. The minimum atomic E-state index is -0.909. The van der Waals surface area contributed by atoms with Crippen LogP contribution in [0.4, 0.5) is 0 Å². The van der Waals surface area contributed by atoms with E-state index in [1.165, 1.54) is 4.90 Å². The van der Waals surface area contributed by atoms with Gasteiger partial charge in [-0.05, 0) is 39.2 Å². The molecular formula is C19H27NO5. The molecule has 3 atom stereocenters. The highest BCUT2D eigenvalue weighted by atomic mass is 16.5. The van der Waals surface area contributed by atoms with E-state index in [0.717, 1.165) is 18.4 Å². The van der Waals surface area contributed by atoms with E-state index >= 15 is 0 Å². The second kappa shape index (κ2) is 6.84. The molecule has 2 N–H and O–H groups in total. The van der Waals surface area contributed by atoms with Gasteiger partial charge in [-0.1, -0.05) is 12.1 Å². The Balaban J connectivity index is 1.63. The van der Waals surface area contributed by atoms with Crippen LogP contribution in [-0.2, 0) is 11.2 Å². The third-order valence-corrected chi connectivity index (χ3v) is 5.09. The number of hydrogen-bond acceptors (Lipinski definition) is 5. The highest BCUT2D eigenvalue weighted by Crippen LogP contribution is 2.41. The quantitative estimate of drug-likeness (QED) is 0.861. The van der Waals surface area contributed by atoms with Gasteiger partial charge in [0, 0.05) is 19.0 Å². The Kier molecular flexibility index (Phi) is 4.93. The topological polar surface area (TPSA) is 79.2 Å². The number of likely N-dealkylation sites (N-methyl/N-ethyl adjacent to an activating group) is 1. The van der Waals surface area contributed by atoms with Crippen LogP contribution in [0.1, 0.15) is 38.7 Å². The number of aliphatic hydroxyl groups excluding tert-OH is 2. The molecule has 0 unspecified atom stereocenters. The monoisotopic (exact) mass is 349 g/mol. The number of benzene rings is 1. The first kappa shape index (κ1) is 18.0. The summed E-state index contributed by atoms with van der Waals surface area (Å²) in [5.74, 6) is 1.04. The van der Waals surface area contributed by atoms with Gasteiger partial charge in [-0.2, -0.15) is 0 Å². The van der Waals surface area contributed by atoms with Crippen LogP contribution >= 0.6 is 0 Å². The number of aliphatic hydroxyl groups is 2. The van der Waals surface area contributed by atoms with Gasteiger partial charge >= 0.3 is 0 Å². The van der Waals surface area contributed by atoms with E-state index in [9.17, 15) is 15.0 Å². The van der Waals surface area contributed by atoms with Crippen LogP contribution in [-0.4, -0.2) is 58.5 Å². The molecule has 1 aliphatic carbocycles. The van der Waals surface area contributed by atoms with Crippen LogP contribution in [0.5, 0.6) is 11.5 Å². The Morgan fingerprint density at radius 3 is 2.88 bits per heavy atom. The molecule has 138 valence electrons. The molecule has 3 rings (SSSR count). The Bertz CT molecular complexity index is 645. The molecule has 1 aliphatic heterocycles. The number of para-hydroxylation sites is 1. The van der Waals surface area contributed by atoms with Crippen molar-refractivity contribution in [1.82, 2.24) is 4.90 Å². The van der Waals surface area contributed by atoms with Crippen LogP contribution in [0.2, 0.25) is 0 Å². The second-order valence-electron chi connectivity index (χ2n) is 7.63. The Morgan fingerprint density at radius 1 is 1.36 bits per heavy atom. The highest BCUT2D eigenvalue weighted by Gasteiger charge is 2.36. The number of ether oxygens (including phenoxy) is 2. The second-order valence-corrected chi connectivity index (χ2v) is 7.63. The van der Waals surface area contributed by atoms with Crippen LogP contribution < -0.4 is 9.47 Å². The third kappa shape index (κ3) is 3.75. The van der Waals surface area contributed by atoms with Crippen molar-refractivity contribution < 1.29 is 24.5 Å². The molecule has 1 amide bonds. The largest absolute Gasteiger partial charge is 0.483 e. The summed E-state index contributed by atoms with van der Waals surface area (Å²) in [5, 5.41) is 19.9. The fraction of sp³-hybridized carbons (Fsp3) is 0.632. The molecule has 0 bridgehead atoms. The molecule has 25 heavy (non-hydrogen) atoms. The van der Waals surface area contributed by atoms with Gasteiger partial charge in [-0.25, -0.2) is 0 Å². The summed E-state index contributed by atoms with van der Waals surface area (Å²) in [6.45, 7) is 3.91. The van der Waals surface area contributed by atoms with Crippen molar-refractivity contribution in [2.45, 2.75) is 63.4 Å². The summed E-state index contributed by atoms with van der Waals surface area (Å²) in [5.41, 5.74) is 0.805. The number of fused-ring (bicyclic) bond motifs is 1. The fourth-order valence-electron chi connectivity index (χ4n) is 3.68. The SMILES string of the molecule is CN(C(=O)COc1cccc2c1OC(C)(C)C2)[C@@H]1CCC[C@@H](O)[C@@H]1O. The van der Waals surface area contributed by atoms with Crippen molar-refractivity contribution in [3.63, 3.8) is 0 Å². The summed E-state index contributed by atoms with van der Waals surface area (Å²) >= 11 is 0. The van der Waals surface area contributed by atoms with E-state index < -0.39 is 12.2 Å². The Morgan fingerprint density at radius 2 is 2.12 bits per heavy atom. The van der Waals surface area contributed by atoms with Crippen LogP contribution in [0.25, 0.3) is 0 Å². The first-order chi connectivity index (χ1) is 11.8. The van der Waals surface area contributed by atoms with E-state index in [0.29, 0.717) is 24.3 Å². The summed E-state index contributed by atoms with van der Waals surface area (Å²) in [6.07, 6.45) is 1.16. The molecule has 1 aromatic carbocycles. The van der Waals surface area contributed by atoms with Gasteiger partial charge in [0.1, 0.15) is 11.7 Å². The van der Waals surface area contributed by atoms with Gasteiger partial charge in [0.25, 0.3) is 5.91 Å². The standard InChI is InChI=1S/C19H27NO5/c1-19(2)10-12-6-4-9-15(18(12)25-19)24-11-16(22)20(3)13-7-5-8-14(21)17(13)23/h4,6,9,13-14,17,21,23H,5,7-8,10-11H2,1-3H3/t13-,14-,17-/m1/s1. The molecule has 6 heteroatoms. The maximum Gasteiger partial charge on any atom is 0.260 e. The maximum atomic E-state index is 12.5. The predicted octanol–water partition coefficient (Wildman–Crippen LogP) is 1.51. The third-order valence-electron chi connectivity index (χ3n) is 5.09. The van der Waals surface area contributed by atoms with Crippen molar-refractivity contribution in [3.05, 3.63) is 23.8 Å². The average Bonchev–Trinajstić information content (AvgIpc) is 2.88. The number of rotatable bonds is 4. The van der Waals surface area contributed by atoms with Crippen molar-refractivity contribution in [2.24, 2.45) is 0 Å². The summed E-state index contributed by atoms with van der Waals surface area (Å²) in [7, 11) is 1.65. The molecule has 6 nitrogen and oxygen atoms in total. The first-order valence-electron chi connectivity index (χ1n) is 8.84. The van der Waals surface area contributed by atoms with Crippen molar-refractivity contribution in [2.75, 3.05) is 13.7 Å². The lowest BCUT2D eigenvalue weighted by Crippen LogP contribution is -2.52. The zero-order valence-electron chi connectivity index (χ0n) is 15.1. The Labute approximate surface area is 148 Å². The molecule has 1 fully saturated rings. The van der Waals surface area contributed by atoms with Crippen LogP contribution in [0.15, 0.2) is 18.2 Å². The minimum Gasteiger partial charge on any atom is -0.483 e. The maximum absolute atomic E-state index is 12.5. The van der Waals surface area contributed by atoms with Crippen LogP contribution in [0, 0.1) is 0 Å². The van der Waals surface area contributed by atoms with E-state index in [2.05, 4.69) is 0 Å². The number of amides is 1. The zero-order valence-corrected chi connectivity index (χ0v) is 15.1. The number of carbonyl (C=O) groups is 1. The van der Waals surface area contributed by atoms with Crippen molar-refractivity contribution >= 4 is 5.91 Å². The normalized spacial score (nSPS) is 27.3. The molecule has 1 heterocycles. The molecule has 0 radical (unpaired) electrons. The smallest absolute Gasteiger partial charge is 0.260 e. The lowest BCUT2D eigenvalue weighted by atomic mass is 9.89. The fourth-order valence-corrected chi connectivity index (χ4v) is 3.68. The van der Waals surface area contributed by atoms with Gasteiger partial charge < -0.3 is 24.6 Å². The van der Waals surface area contributed by atoms with Gasteiger partial charge in [0.15, 0.2) is 18.1 Å². The van der Waals surface area contributed by atoms with E-state index in [4.69, 9.17) is 9.47 Å². The van der Waals surface area contributed by atoms with E-state index in [1.54, 1.807) is 13.1 Å². The summed E-state index contributed by atoms with van der Waals surface area (Å²) in [6, 6.07) is 5.32. The number of carbonyl (C=O) groups excluding carboxylic acids is 1. The van der Waals surface area contributed by atoms with Crippen LogP contribution in [0.3, 0.4) is 0 Å². The molecule has 1 saturated carbocycles. The molecular weight excluding hydrogens is 322 g/mol. The summed E-state index contributed by atoms with van der Waals surface area (Å²) < 4.78 is 11.7. The highest BCUT2D eigenvalue weighted by molar-refractivity contribution is 5.78. The van der Waals surface area contributed by atoms with Gasteiger partial charge in [-0.15, -0.1) is 0 Å². The van der Waals surface area contributed by atoms with Crippen molar-refractivity contribution in [1.29, 1.82) is 0 Å². The van der Waals surface area contributed by atoms with Crippen molar-refractivity contribution in [3.8, 4) is 11.5 Å². The lowest BCUT2D eigenvalue weighted by molar-refractivity contribution is -0.140. The van der Waals surface area contributed by atoms with E-state index in [-0.39, 0.29) is 24.2 Å². The lowest BCUT2D eigenvalue weighted by Gasteiger charge is -2.37. The van der Waals surface area contributed by atoms with Gasteiger partial charge in [0.05, 0.1) is 12.1 Å². The molecule has 1 aromatic rings. The number of nitrogens with zero attached hydrogens (tertiary/aromatic N) is 1. The molecule has 2 aliphatic rings. The summed E-state index contributed by atoms with van der Waals surface area (Å²) in [4.78, 5) is 13.9. The Hall–Kier alpha value is -1.79. The average molecular weight is 349 g/mol. The number of hydrogen-bond donors (Lipinski definition) is 2. The van der Waals surface area contributed by atoms with Gasteiger partial charge in [-0.3, -0.25) is 4.79 Å². The zero-order chi connectivity index (χ0) is 18.2. The molecule has 0 spiro atoms. The molecule has 0 saturated heterocycles.